The third kappa shape index (κ3) is 2.67. The summed E-state index contributed by atoms with van der Waals surface area (Å²) >= 11 is 0. The van der Waals surface area contributed by atoms with Crippen LogP contribution in [0.25, 0.3) is 0 Å². The largest absolute Gasteiger partial charge is 0.506 e. The van der Waals surface area contributed by atoms with Gasteiger partial charge in [0, 0.05) is 6.54 Å². The molecule has 0 bridgehead atoms. The van der Waals surface area contributed by atoms with Crippen LogP contribution in [0.2, 0.25) is 0 Å². The SMILES string of the molecule is CC(C)(C)c1ccc(O)c(N2CCC[C@H]2C(N)=O)c1. The standard InChI is InChI=1S/C15H22N2O2/c1-15(2,3)10-6-7-13(18)12(9-10)17-8-4-5-11(17)14(16)19/h6-7,9,11,18H,4-5,8H2,1-3H3,(H2,16,19)/t11-/m0/s1. The predicted octanol–water partition coefficient (Wildman–Crippen LogP) is 2.14. The Morgan fingerprint density at radius 3 is 2.68 bits per heavy atom. The van der Waals surface area contributed by atoms with Gasteiger partial charge in [-0.25, -0.2) is 0 Å². The minimum Gasteiger partial charge on any atom is -0.506 e. The number of phenolic OH excluding ortho intramolecular Hbond substituents is 1. The van der Waals surface area contributed by atoms with Crippen LogP contribution in [-0.2, 0) is 10.2 Å². The molecule has 1 amide bonds. The zero-order chi connectivity index (χ0) is 14.2. The van der Waals surface area contributed by atoms with Crippen LogP contribution < -0.4 is 10.6 Å². The smallest absolute Gasteiger partial charge is 0.240 e. The van der Waals surface area contributed by atoms with E-state index in [1.165, 1.54) is 0 Å². The number of phenols is 1. The number of nitrogens with zero attached hydrogens (tertiary/aromatic N) is 1. The number of hydrogen-bond donors (Lipinski definition) is 2. The summed E-state index contributed by atoms with van der Waals surface area (Å²) in [7, 11) is 0. The van der Waals surface area contributed by atoms with Crippen LogP contribution in [0.5, 0.6) is 5.75 Å². The van der Waals surface area contributed by atoms with Gasteiger partial charge in [0.05, 0.1) is 5.69 Å². The minimum absolute atomic E-state index is 0.00436. The zero-order valence-electron chi connectivity index (χ0n) is 11.8. The van der Waals surface area contributed by atoms with E-state index in [0.29, 0.717) is 5.69 Å². The van der Waals surface area contributed by atoms with Crippen molar-refractivity contribution in [3.63, 3.8) is 0 Å². The molecular weight excluding hydrogens is 240 g/mol. The van der Waals surface area contributed by atoms with Crippen molar-refractivity contribution in [3.8, 4) is 5.75 Å². The van der Waals surface area contributed by atoms with Crippen molar-refractivity contribution in [3.05, 3.63) is 23.8 Å². The lowest BCUT2D eigenvalue weighted by atomic mass is 9.86. The van der Waals surface area contributed by atoms with Gasteiger partial charge in [0.1, 0.15) is 11.8 Å². The maximum Gasteiger partial charge on any atom is 0.240 e. The highest BCUT2D eigenvalue weighted by molar-refractivity contribution is 5.85. The van der Waals surface area contributed by atoms with Crippen LogP contribution >= 0.6 is 0 Å². The number of benzene rings is 1. The zero-order valence-corrected chi connectivity index (χ0v) is 11.8. The van der Waals surface area contributed by atoms with Gasteiger partial charge in [0.25, 0.3) is 0 Å². The number of carbonyl (C=O) groups excluding carboxylic acids is 1. The maximum absolute atomic E-state index is 11.5. The van der Waals surface area contributed by atoms with E-state index in [0.717, 1.165) is 24.9 Å². The van der Waals surface area contributed by atoms with E-state index in [2.05, 4.69) is 20.8 Å². The molecule has 0 radical (unpaired) electrons. The molecule has 0 saturated carbocycles. The fourth-order valence-corrected chi connectivity index (χ4v) is 2.57. The third-order valence-electron chi connectivity index (χ3n) is 3.73. The van der Waals surface area contributed by atoms with Gasteiger partial charge in [-0.2, -0.15) is 0 Å². The number of amides is 1. The summed E-state index contributed by atoms with van der Waals surface area (Å²) in [5.74, 6) is -0.112. The van der Waals surface area contributed by atoms with Crippen LogP contribution in [0.3, 0.4) is 0 Å². The molecule has 1 saturated heterocycles. The Labute approximate surface area is 114 Å². The number of nitrogens with two attached hydrogens (primary N) is 1. The van der Waals surface area contributed by atoms with Crippen molar-refractivity contribution < 1.29 is 9.90 Å². The summed E-state index contributed by atoms with van der Waals surface area (Å²) in [6.07, 6.45) is 1.68. The fourth-order valence-electron chi connectivity index (χ4n) is 2.57. The topological polar surface area (TPSA) is 66.6 Å². The molecule has 1 aromatic rings. The van der Waals surface area contributed by atoms with Crippen LogP contribution in [0.15, 0.2) is 18.2 Å². The molecule has 0 aromatic heterocycles. The molecule has 1 fully saturated rings. The Hall–Kier alpha value is -1.71. The van der Waals surface area contributed by atoms with E-state index in [1.54, 1.807) is 6.07 Å². The summed E-state index contributed by atoms with van der Waals surface area (Å²) in [6.45, 7) is 7.13. The van der Waals surface area contributed by atoms with Gasteiger partial charge in [-0.15, -0.1) is 0 Å². The molecule has 1 aliphatic rings. The Balaban J connectivity index is 2.41. The van der Waals surface area contributed by atoms with Crippen molar-refractivity contribution in [2.75, 3.05) is 11.4 Å². The molecule has 0 unspecified atom stereocenters. The fraction of sp³-hybridized carbons (Fsp3) is 0.533. The molecule has 0 spiro atoms. The Kier molecular flexibility index (Phi) is 3.43. The van der Waals surface area contributed by atoms with Crippen molar-refractivity contribution in [1.29, 1.82) is 0 Å². The van der Waals surface area contributed by atoms with E-state index < -0.39 is 0 Å². The molecule has 2 rings (SSSR count). The highest BCUT2D eigenvalue weighted by atomic mass is 16.3. The molecule has 1 heterocycles. The number of rotatable bonds is 2. The minimum atomic E-state index is -0.321. The Morgan fingerprint density at radius 1 is 1.42 bits per heavy atom. The summed E-state index contributed by atoms with van der Waals surface area (Å²) < 4.78 is 0. The molecule has 3 N–H and O–H groups in total. The van der Waals surface area contributed by atoms with Crippen molar-refractivity contribution in [2.24, 2.45) is 5.73 Å². The quantitative estimate of drug-likeness (QED) is 0.858. The number of aromatic hydroxyl groups is 1. The Morgan fingerprint density at radius 2 is 2.11 bits per heavy atom. The van der Waals surface area contributed by atoms with Crippen LogP contribution in [0.4, 0.5) is 5.69 Å². The lowest BCUT2D eigenvalue weighted by Gasteiger charge is -2.28. The number of primary amides is 1. The lowest BCUT2D eigenvalue weighted by molar-refractivity contribution is -0.119. The number of hydrogen-bond acceptors (Lipinski definition) is 3. The van der Waals surface area contributed by atoms with E-state index >= 15 is 0 Å². The Bertz CT molecular complexity index is 491. The van der Waals surface area contributed by atoms with Gasteiger partial charge in [-0.3, -0.25) is 4.79 Å². The molecule has 4 nitrogen and oxygen atoms in total. The molecule has 104 valence electrons. The van der Waals surface area contributed by atoms with E-state index in [-0.39, 0.29) is 23.1 Å². The van der Waals surface area contributed by atoms with Gasteiger partial charge < -0.3 is 15.7 Å². The first-order valence-corrected chi connectivity index (χ1v) is 6.70. The lowest BCUT2D eigenvalue weighted by Crippen LogP contribution is -2.40. The van der Waals surface area contributed by atoms with Crippen molar-refractivity contribution >= 4 is 11.6 Å². The molecule has 1 aliphatic heterocycles. The van der Waals surface area contributed by atoms with Crippen LogP contribution in [-0.4, -0.2) is 23.6 Å². The maximum atomic E-state index is 11.5. The average Bonchev–Trinajstić information content (AvgIpc) is 2.76. The molecule has 19 heavy (non-hydrogen) atoms. The summed E-state index contributed by atoms with van der Waals surface area (Å²) in [4.78, 5) is 13.4. The molecule has 1 atom stereocenters. The molecule has 4 heteroatoms. The second-order valence-corrected chi connectivity index (χ2v) is 6.21. The number of carbonyl (C=O) groups is 1. The highest BCUT2D eigenvalue weighted by Crippen LogP contribution is 2.36. The van der Waals surface area contributed by atoms with Crippen molar-refractivity contribution in [2.45, 2.75) is 45.1 Å². The molecule has 0 aliphatic carbocycles. The van der Waals surface area contributed by atoms with E-state index in [4.69, 9.17) is 5.73 Å². The van der Waals surface area contributed by atoms with Crippen LogP contribution in [0.1, 0.15) is 39.2 Å². The summed E-state index contributed by atoms with van der Waals surface area (Å²) in [6, 6.07) is 5.29. The predicted molar refractivity (Wildman–Crippen MR) is 76.4 cm³/mol. The first-order chi connectivity index (χ1) is 8.80. The van der Waals surface area contributed by atoms with Gasteiger partial charge in [-0.1, -0.05) is 26.8 Å². The molecular formula is C15H22N2O2. The van der Waals surface area contributed by atoms with Gasteiger partial charge >= 0.3 is 0 Å². The summed E-state index contributed by atoms with van der Waals surface area (Å²) in [5.41, 5.74) is 7.29. The molecule has 1 aromatic carbocycles. The first kappa shape index (κ1) is 13.7. The second-order valence-electron chi connectivity index (χ2n) is 6.21. The number of anilines is 1. The average molecular weight is 262 g/mol. The van der Waals surface area contributed by atoms with E-state index in [9.17, 15) is 9.90 Å². The normalized spacial score (nSPS) is 19.7. The second kappa shape index (κ2) is 4.76. The van der Waals surface area contributed by atoms with Gasteiger partial charge in [0.15, 0.2) is 0 Å². The monoisotopic (exact) mass is 262 g/mol. The van der Waals surface area contributed by atoms with Gasteiger partial charge in [0.2, 0.25) is 5.91 Å². The van der Waals surface area contributed by atoms with Crippen molar-refractivity contribution in [1.82, 2.24) is 0 Å². The van der Waals surface area contributed by atoms with Gasteiger partial charge in [-0.05, 0) is 36.0 Å². The highest BCUT2D eigenvalue weighted by Gasteiger charge is 2.31. The van der Waals surface area contributed by atoms with E-state index in [1.807, 2.05) is 17.0 Å². The third-order valence-corrected chi connectivity index (χ3v) is 3.73. The first-order valence-electron chi connectivity index (χ1n) is 6.70. The van der Waals surface area contributed by atoms with Crippen LogP contribution in [0, 0.1) is 0 Å². The summed E-state index contributed by atoms with van der Waals surface area (Å²) in [5, 5.41) is 10.1.